The molecule has 0 N–H and O–H groups in total. The van der Waals surface area contributed by atoms with E-state index in [0.717, 1.165) is 107 Å². The molecule has 3 rings (SSSR count). The molecule has 0 atom stereocenters. The van der Waals surface area contributed by atoms with Gasteiger partial charge in [0.05, 0.1) is 13.1 Å². The first-order chi connectivity index (χ1) is 17.5. The first kappa shape index (κ1) is 28.5. The molecular weight excluding hydrogens is 444 g/mol. The van der Waals surface area contributed by atoms with Gasteiger partial charge in [0.25, 0.3) is 0 Å². The number of hydrogen-bond acceptors (Lipinski definition) is 4. The van der Waals surface area contributed by atoms with Crippen LogP contribution in [0.1, 0.15) is 111 Å². The highest BCUT2D eigenvalue weighted by Crippen LogP contribution is 2.35. The average Bonchev–Trinajstić information content (AvgIpc) is 3.32. The average molecular weight is 493 g/mol. The van der Waals surface area contributed by atoms with E-state index in [1.807, 2.05) is 12.1 Å². The van der Waals surface area contributed by atoms with Gasteiger partial charge >= 0.3 is 0 Å². The van der Waals surface area contributed by atoms with E-state index < -0.39 is 0 Å². The summed E-state index contributed by atoms with van der Waals surface area (Å²) in [6.45, 7) is 13.7. The number of Topliss-reactive ketones (excluding diaryl/α,β-unsaturated/α-hetero) is 2. The third-order valence-electron chi connectivity index (χ3n) is 7.67. The van der Waals surface area contributed by atoms with Crippen molar-refractivity contribution >= 4 is 22.3 Å². The molecule has 1 aliphatic rings. The molecule has 2 aromatic carbocycles. The zero-order valence-corrected chi connectivity index (χ0v) is 23.3. The van der Waals surface area contributed by atoms with Gasteiger partial charge in [-0.05, 0) is 86.6 Å². The van der Waals surface area contributed by atoms with Gasteiger partial charge in [0.2, 0.25) is 0 Å². The Kier molecular flexibility index (Phi) is 11.6. The summed E-state index contributed by atoms with van der Waals surface area (Å²) in [5.41, 5.74) is 4.15. The fraction of sp³-hybridized carbons (Fsp3) is 0.625. The van der Waals surface area contributed by atoms with E-state index in [1.54, 1.807) is 0 Å². The van der Waals surface area contributed by atoms with Gasteiger partial charge in [-0.2, -0.15) is 0 Å². The highest BCUT2D eigenvalue weighted by molar-refractivity contribution is 6.13. The van der Waals surface area contributed by atoms with Gasteiger partial charge in [-0.25, -0.2) is 0 Å². The summed E-state index contributed by atoms with van der Waals surface area (Å²) in [5, 5.41) is 2.22. The molecule has 0 aliphatic heterocycles. The molecule has 4 nitrogen and oxygen atoms in total. The predicted molar refractivity (Wildman–Crippen MR) is 153 cm³/mol. The summed E-state index contributed by atoms with van der Waals surface area (Å²) >= 11 is 0. The van der Waals surface area contributed by atoms with E-state index in [4.69, 9.17) is 0 Å². The fourth-order valence-corrected chi connectivity index (χ4v) is 5.47. The second kappa shape index (κ2) is 14.6. The van der Waals surface area contributed by atoms with Crippen molar-refractivity contribution in [3.8, 4) is 0 Å². The lowest BCUT2D eigenvalue weighted by Crippen LogP contribution is -2.32. The molecule has 0 spiro atoms. The molecule has 0 aromatic heterocycles. The molecule has 0 heterocycles. The molecule has 2 aromatic rings. The molecule has 0 saturated heterocycles. The summed E-state index contributed by atoms with van der Waals surface area (Å²) in [6.07, 6.45) is 10.9. The molecule has 4 heteroatoms. The standard InChI is InChI=1S/C32H48N2O2/c1-5-9-19-33(20-10-6-2)23-30(35)26-15-13-25-14-16-28-27(17-18-29(26)32(25)28)31(36)24-34(21-11-7-3)22-12-8-4/h13,15,17-18H,5-12,14,16,19-24H2,1-4H3. The minimum Gasteiger partial charge on any atom is -0.296 e. The lowest BCUT2D eigenvalue weighted by atomic mass is 9.93. The molecule has 198 valence electrons. The Morgan fingerprint density at radius 1 is 0.639 bits per heavy atom. The SMILES string of the molecule is CCCCN(CCCC)CC(=O)c1ccc2c(C(=O)CN(CCCC)CCCC)ccc3c2c1CC3. The molecule has 0 amide bonds. The molecule has 1 aliphatic carbocycles. The lowest BCUT2D eigenvalue weighted by Gasteiger charge is -2.22. The summed E-state index contributed by atoms with van der Waals surface area (Å²) < 4.78 is 0. The van der Waals surface area contributed by atoms with Gasteiger partial charge in [-0.15, -0.1) is 0 Å². The first-order valence-electron chi connectivity index (χ1n) is 14.6. The van der Waals surface area contributed by atoms with E-state index in [2.05, 4.69) is 49.6 Å². The third-order valence-corrected chi connectivity index (χ3v) is 7.67. The van der Waals surface area contributed by atoms with Gasteiger partial charge in [-0.1, -0.05) is 77.6 Å². The molecule has 36 heavy (non-hydrogen) atoms. The van der Waals surface area contributed by atoms with Crippen molar-refractivity contribution in [2.45, 2.75) is 91.9 Å². The van der Waals surface area contributed by atoms with Crippen LogP contribution in [0.5, 0.6) is 0 Å². The minimum absolute atomic E-state index is 0.205. The maximum Gasteiger partial charge on any atom is 0.177 e. The maximum atomic E-state index is 13.5. The van der Waals surface area contributed by atoms with Crippen LogP contribution in [0.2, 0.25) is 0 Å². The van der Waals surface area contributed by atoms with E-state index in [0.29, 0.717) is 13.1 Å². The molecule has 0 unspecified atom stereocenters. The van der Waals surface area contributed by atoms with E-state index in [1.165, 1.54) is 16.5 Å². The van der Waals surface area contributed by atoms with Crippen LogP contribution < -0.4 is 0 Å². The molecular formula is C32H48N2O2. The predicted octanol–water partition coefficient (Wildman–Crippen LogP) is 7.11. The second-order valence-corrected chi connectivity index (χ2v) is 10.6. The van der Waals surface area contributed by atoms with E-state index in [9.17, 15) is 9.59 Å². The monoisotopic (exact) mass is 492 g/mol. The van der Waals surface area contributed by atoms with Crippen molar-refractivity contribution in [2.24, 2.45) is 0 Å². The van der Waals surface area contributed by atoms with Crippen molar-refractivity contribution in [1.82, 2.24) is 9.80 Å². The van der Waals surface area contributed by atoms with Crippen LogP contribution in [0.4, 0.5) is 0 Å². The van der Waals surface area contributed by atoms with Gasteiger partial charge in [0.1, 0.15) is 0 Å². The maximum absolute atomic E-state index is 13.5. The van der Waals surface area contributed by atoms with Crippen molar-refractivity contribution in [1.29, 1.82) is 0 Å². The highest BCUT2D eigenvalue weighted by atomic mass is 16.1. The molecule has 0 saturated carbocycles. The quantitative estimate of drug-likeness (QED) is 0.208. The van der Waals surface area contributed by atoms with Gasteiger partial charge < -0.3 is 0 Å². The highest BCUT2D eigenvalue weighted by Gasteiger charge is 2.25. The Morgan fingerprint density at radius 3 is 1.61 bits per heavy atom. The Hall–Kier alpha value is -2.04. The zero-order valence-electron chi connectivity index (χ0n) is 23.3. The van der Waals surface area contributed by atoms with Crippen molar-refractivity contribution in [3.63, 3.8) is 0 Å². The number of benzene rings is 2. The minimum atomic E-state index is 0.205. The Balaban J connectivity index is 1.85. The molecule has 0 bridgehead atoms. The van der Waals surface area contributed by atoms with Crippen molar-refractivity contribution in [3.05, 3.63) is 46.5 Å². The Morgan fingerprint density at radius 2 is 1.11 bits per heavy atom. The smallest absolute Gasteiger partial charge is 0.177 e. The topological polar surface area (TPSA) is 40.6 Å². The van der Waals surface area contributed by atoms with Crippen LogP contribution in [0.25, 0.3) is 10.8 Å². The normalized spacial score (nSPS) is 12.8. The van der Waals surface area contributed by atoms with E-state index >= 15 is 0 Å². The zero-order chi connectivity index (χ0) is 25.9. The number of unbranched alkanes of at least 4 members (excludes halogenated alkanes) is 4. The van der Waals surface area contributed by atoms with Gasteiger partial charge in [0.15, 0.2) is 11.6 Å². The second-order valence-electron chi connectivity index (χ2n) is 10.6. The number of ketones is 2. The number of hydrogen-bond donors (Lipinski definition) is 0. The molecule has 0 fully saturated rings. The van der Waals surface area contributed by atoms with Crippen LogP contribution >= 0.6 is 0 Å². The third kappa shape index (κ3) is 7.26. The number of aryl methyl sites for hydroxylation is 2. The Labute approximate surface area is 219 Å². The van der Waals surface area contributed by atoms with E-state index in [-0.39, 0.29) is 11.6 Å². The first-order valence-corrected chi connectivity index (χ1v) is 14.6. The van der Waals surface area contributed by atoms with Crippen LogP contribution in [0, 0.1) is 0 Å². The van der Waals surface area contributed by atoms with Crippen LogP contribution in [0.15, 0.2) is 24.3 Å². The number of carbonyl (C=O) groups is 2. The van der Waals surface area contributed by atoms with Gasteiger partial charge in [0, 0.05) is 11.1 Å². The van der Waals surface area contributed by atoms with Crippen molar-refractivity contribution < 1.29 is 9.59 Å². The number of carbonyl (C=O) groups excluding carboxylic acids is 2. The van der Waals surface area contributed by atoms with Crippen LogP contribution in [-0.4, -0.2) is 60.6 Å². The van der Waals surface area contributed by atoms with Gasteiger partial charge in [-0.3, -0.25) is 19.4 Å². The van der Waals surface area contributed by atoms with Crippen LogP contribution in [-0.2, 0) is 12.8 Å². The van der Waals surface area contributed by atoms with Crippen LogP contribution in [0.3, 0.4) is 0 Å². The largest absolute Gasteiger partial charge is 0.296 e. The summed E-state index contributed by atoms with van der Waals surface area (Å²) in [7, 11) is 0. The summed E-state index contributed by atoms with van der Waals surface area (Å²) in [5.74, 6) is 0.435. The lowest BCUT2D eigenvalue weighted by molar-refractivity contribution is 0.0921. The number of nitrogens with zero attached hydrogens (tertiary/aromatic N) is 2. The van der Waals surface area contributed by atoms with Crippen molar-refractivity contribution in [2.75, 3.05) is 39.3 Å². The Bertz CT molecular complexity index is 997. The fourth-order valence-electron chi connectivity index (χ4n) is 5.47. The molecule has 0 radical (unpaired) electrons. The number of rotatable bonds is 18. The summed E-state index contributed by atoms with van der Waals surface area (Å²) in [6, 6.07) is 8.23. The summed E-state index contributed by atoms with van der Waals surface area (Å²) in [4.78, 5) is 31.6.